The molecule has 0 unspecified atom stereocenters. The molecule has 0 saturated carbocycles. The zero-order valence-corrected chi connectivity index (χ0v) is 10.4. The summed E-state index contributed by atoms with van der Waals surface area (Å²) in [5.41, 5.74) is 0.758. The molecule has 0 saturated heterocycles. The van der Waals surface area contributed by atoms with E-state index >= 15 is 0 Å². The molecule has 0 bridgehead atoms. The first-order chi connectivity index (χ1) is 9.13. The summed E-state index contributed by atoms with van der Waals surface area (Å²) in [5, 5.41) is 8.77. The molecule has 0 radical (unpaired) electrons. The maximum absolute atomic E-state index is 13.9. The molecular weight excluding hydrogens is 246 g/mol. The highest BCUT2D eigenvalue weighted by molar-refractivity contribution is 5.48. The highest BCUT2D eigenvalue weighted by atomic mass is 19.1. The van der Waals surface area contributed by atoms with Crippen molar-refractivity contribution in [2.24, 2.45) is 0 Å². The maximum atomic E-state index is 13.9. The molecule has 0 spiro atoms. The number of nitrogens with zero attached hydrogens (tertiary/aromatic N) is 2. The van der Waals surface area contributed by atoms with Crippen LogP contribution in [0.1, 0.15) is 11.1 Å². The molecule has 0 atom stereocenters. The van der Waals surface area contributed by atoms with E-state index in [4.69, 9.17) is 5.26 Å². The number of hydrogen-bond acceptors (Lipinski definition) is 2. The minimum atomic E-state index is -0.548. The lowest BCUT2D eigenvalue weighted by molar-refractivity contribution is 0.598. The third-order valence-corrected chi connectivity index (χ3v) is 2.87. The summed E-state index contributed by atoms with van der Waals surface area (Å²) in [5.74, 6) is -0.907. The van der Waals surface area contributed by atoms with Crippen LogP contribution in [0.15, 0.2) is 42.5 Å². The van der Waals surface area contributed by atoms with Crippen LogP contribution in [0.3, 0.4) is 0 Å². The Hall–Kier alpha value is -2.41. The van der Waals surface area contributed by atoms with Crippen molar-refractivity contribution in [2.45, 2.75) is 6.54 Å². The van der Waals surface area contributed by atoms with Gasteiger partial charge < -0.3 is 4.90 Å². The fourth-order valence-electron chi connectivity index (χ4n) is 1.89. The molecule has 0 fully saturated rings. The number of halogens is 2. The average Bonchev–Trinajstić information content (AvgIpc) is 2.41. The number of hydrogen-bond donors (Lipinski definition) is 0. The van der Waals surface area contributed by atoms with E-state index in [0.717, 1.165) is 0 Å². The van der Waals surface area contributed by atoms with Gasteiger partial charge in [-0.05, 0) is 18.2 Å². The van der Waals surface area contributed by atoms with Crippen LogP contribution in [0.25, 0.3) is 0 Å². The third kappa shape index (κ3) is 2.71. The van der Waals surface area contributed by atoms with Crippen molar-refractivity contribution in [1.29, 1.82) is 5.26 Å². The molecule has 2 nitrogen and oxygen atoms in total. The first-order valence-electron chi connectivity index (χ1n) is 5.76. The first-order valence-corrected chi connectivity index (χ1v) is 5.76. The summed E-state index contributed by atoms with van der Waals surface area (Å²) in [6, 6.07) is 12.7. The van der Waals surface area contributed by atoms with Crippen molar-refractivity contribution in [3.8, 4) is 6.07 Å². The molecule has 19 heavy (non-hydrogen) atoms. The van der Waals surface area contributed by atoms with Gasteiger partial charge in [-0.1, -0.05) is 24.3 Å². The summed E-state index contributed by atoms with van der Waals surface area (Å²) in [6.45, 7) is 0.197. The van der Waals surface area contributed by atoms with Gasteiger partial charge in [0.2, 0.25) is 0 Å². The average molecular weight is 258 g/mol. The van der Waals surface area contributed by atoms with Gasteiger partial charge in [0.1, 0.15) is 17.7 Å². The molecule has 0 aromatic heterocycles. The van der Waals surface area contributed by atoms with Crippen LogP contribution in [0.5, 0.6) is 0 Å². The number of benzene rings is 2. The summed E-state index contributed by atoms with van der Waals surface area (Å²) < 4.78 is 27.5. The number of nitriles is 1. The minimum Gasteiger partial charge on any atom is -0.368 e. The molecule has 4 heteroatoms. The summed E-state index contributed by atoms with van der Waals surface area (Å²) in [4.78, 5) is 1.61. The van der Waals surface area contributed by atoms with E-state index in [2.05, 4.69) is 0 Å². The quantitative estimate of drug-likeness (QED) is 0.842. The van der Waals surface area contributed by atoms with Crippen LogP contribution in [-0.2, 0) is 6.54 Å². The van der Waals surface area contributed by atoms with E-state index in [1.807, 2.05) is 0 Å². The number of rotatable bonds is 3. The van der Waals surface area contributed by atoms with E-state index < -0.39 is 5.82 Å². The summed E-state index contributed by atoms with van der Waals surface area (Å²) >= 11 is 0. The molecule has 0 aliphatic carbocycles. The predicted octanol–water partition coefficient (Wildman–Crippen LogP) is 3.47. The largest absolute Gasteiger partial charge is 0.368 e. The molecule has 0 amide bonds. The van der Waals surface area contributed by atoms with Crippen LogP contribution in [0.2, 0.25) is 0 Å². The maximum Gasteiger partial charge on any atom is 0.146 e. The lowest BCUT2D eigenvalue weighted by Gasteiger charge is -2.20. The van der Waals surface area contributed by atoms with Gasteiger partial charge >= 0.3 is 0 Å². The Morgan fingerprint density at radius 1 is 1.11 bits per heavy atom. The fraction of sp³-hybridized carbons (Fsp3) is 0.133. The molecular formula is C15H12F2N2. The summed E-state index contributed by atoms with van der Waals surface area (Å²) in [7, 11) is 1.68. The lowest BCUT2D eigenvalue weighted by Crippen LogP contribution is -2.18. The Kier molecular flexibility index (Phi) is 3.76. The van der Waals surface area contributed by atoms with Gasteiger partial charge in [0.05, 0.1) is 11.3 Å². The van der Waals surface area contributed by atoms with Crippen molar-refractivity contribution in [1.82, 2.24) is 0 Å². The van der Waals surface area contributed by atoms with Gasteiger partial charge in [0.15, 0.2) is 0 Å². The normalized spacial score (nSPS) is 10.0. The second-order valence-corrected chi connectivity index (χ2v) is 4.20. The molecule has 2 aromatic rings. The third-order valence-electron chi connectivity index (χ3n) is 2.87. The molecule has 0 aliphatic rings. The van der Waals surface area contributed by atoms with Crippen molar-refractivity contribution in [2.75, 3.05) is 11.9 Å². The van der Waals surface area contributed by atoms with E-state index in [1.54, 1.807) is 48.3 Å². The summed E-state index contributed by atoms with van der Waals surface area (Å²) in [6.07, 6.45) is 0. The molecule has 96 valence electrons. The SMILES string of the molecule is CN(Cc1cccc(C#N)c1F)c1ccccc1F. The second-order valence-electron chi connectivity index (χ2n) is 4.20. The Balaban J connectivity index is 2.28. The van der Waals surface area contributed by atoms with Gasteiger partial charge in [0.25, 0.3) is 0 Å². The Morgan fingerprint density at radius 3 is 2.53 bits per heavy atom. The van der Waals surface area contributed by atoms with Crippen LogP contribution in [0.4, 0.5) is 14.5 Å². The van der Waals surface area contributed by atoms with Gasteiger partial charge in [-0.2, -0.15) is 5.26 Å². The zero-order valence-electron chi connectivity index (χ0n) is 10.4. The zero-order chi connectivity index (χ0) is 13.8. The van der Waals surface area contributed by atoms with E-state index in [0.29, 0.717) is 11.3 Å². The monoisotopic (exact) mass is 258 g/mol. The smallest absolute Gasteiger partial charge is 0.146 e. The highest BCUT2D eigenvalue weighted by Crippen LogP contribution is 2.21. The topological polar surface area (TPSA) is 27.0 Å². The first kappa shape index (κ1) is 13.0. The molecule has 2 rings (SSSR count). The standard InChI is InChI=1S/C15H12F2N2/c1-19(14-8-3-2-7-13(14)16)10-12-6-4-5-11(9-18)15(12)17/h2-8H,10H2,1H3. The lowest BCUT2D eigenvalue weighted by atomic mass is 10.1. The number of anilines is 1. The van der Waals surface area contributed by atoms with Crippen molar-refractivity contribution >= 4 is 5.69 Å². The fourth-order valence-corrected chi connectivity index (χ4v) is 1.89. The molecule has 0 aliphatic heterocycles. The molecule has 0 heterocycles. The molecule has 0 N–H and O–H groups in total. The highest BCUT2D eigenvalue weighted by Gasteiger charge is 2.12. The van der Waals surface area contributed by atoms with Gasteiger partial charge in [-0.15, -0.1) is 0 Å². The van der Waals surface area contributed by atoms with E-state index in [9.17, 15) is 8.78 Å². The Labute approximate surface area is 110 Å². The number of para-hydroxylation sites is 1. The Bertz CT molecular complexity index is 632. The molecule has 2 aromatic carbocycles. The van der Waals surface area contributed by atoms with Crippen molar-refractivity contribution < 1.29 is 8.78 Å². The predicted molar refractivity (Wildman–Crippen MR) is 69.6 cm³/mol. The minimum absolute atomic E-state index is 0.000524. The second kappa shape index (κ2) is 5.49. The van der Waals surface area contributed by atoms with Crippen LogP contribution in [-0.4, -0.2) is 7.05 Å². The van der Waals surface area contributed by atoms with Gasteiger partial charge in [-0.3, -0.25) is 0 Å². The van der Waals surface area contributed by atoms with Crippen LogP contribution >= 0.6 is 0 Å². The van der Waals surface area contributed by atoms with Crippen molar-refractivity contribution in [3.05, 3.63) is 65.2 Å². The van der Waals surface area contributed by atoms with Crippen LogP contribution in [0, 0.1) is 23.0 Å². The van der Waals surface area contributed by atoms with Crippen LogP contribution < -0.4 is 4.90 Å². The van der Waals surface area contributed by atoms with E-state index in [1.165, 1.54) is 12.1 Å². The van der Waals surface area contributed by atoms with Gasteiger partial charge in [-0.25, -0.2) is 8.78 Å². The van der Waals surface area contributed by atoms with Crippen molar-refractivity contribution in [3.63, 3.8) is 0 Å². The van der Waals surface area contributed by atoms with E-state index in [-0.39, 0.29) is 17.9 Å². The Morgan fingerprint density at radius 2 is 1.84 bits per heavy atom. The van der Waals surface area contributed by atoms with Gasteiger partial charge in [0, 0.05) is 19.2 Å².